The number of hydrogen-bond donors (Lipinski definition) is 1. The van der Waals surface area contributed by atoms with Crippen LogP contribution in [0.4, 0.5) is 5.82 Å². The minimum absolute atomic E-state index is 0.642. The zero-order chi connectivity index (χ0) is 11.8. The van der Waals surface area contributed by atoms with Gasteiger partial charge in [-0.3, -0.25) is 0 Å². The maximum atomic E-state index is 5.42. The second-order valence-electron chi connectivity index (χ2n) is 4.99. The maximum absolute atomic E-state index is 5.42. The van der Waals surface area contributed by atoms with E-state index in [1.807, 2.05) is 19.1 Å². The van der Waals surface area contributed by atoms with E-state index < -0.39 is 0 Å². The van der Waals surface area contributed by atoms with E-state index >= 15 is 0 Å². The van der Waals surface area contributed by atoms with Crippen LogP contribution in [0.3, 0.4) is 0 Å². The summed E-state index contributed by atoms with van der Waals surface area (Å²) in [6.45, 7) is 4.12. The highest BCUT2D eigenvalue weighted by atomic mass is 15.3. The lowest BCUT2D eigenvalue weighted by molar-refractivity contribution is 0.463. The molecule has 3 rings (SSSR count). The van der Waals surface area contributed by atoms with Gasteiger partial charge in [0.1, 0.15) is 5.82 Å². The average molecular weight is 227 g/mol. The minimum Gasteiger partial charge on any atom is -0.353 e. The topological polar surface area (TPSA) is 28.2 Å². The van der Waals surface area contributed by atoms with Crippen molar-refractivity contribution < 1.29 is 0 Å². The number of hydrogen-bond acceptors (Lipinski definition) is 3. The van der Waals surface area contributed by atoms with Crippen LogP contribution >= 0.6 is 0 Å². The van der Waals surface area contributed by atoms with Crippen LogP contribution < -0.4 is 10.2 Å². The minimum atomic E-state index is 0.642. The Kier molecular flexibility index (Phi) is 2.53. The largest absolute Gasteiger partial charge is 0.353 e. The molecular formula is C14H17N3. The highest BCUT2D eigenvalue weighted by Crippen LogP contribution is 2.24. The average Bonchev–Trinajstić information content (AvgIpc) is 2.68. The van der Waals surface area contributed by atoms with Crippen LogP contribution in [0.5, 0.6) is 0 Å². The Morgan fingerprint density at radius 3 is 2.65 bits per heavy atom. The van der Waals surface area contributed by atoms with Crippen molar-refractivity contribution >= 4 is 5.82 Å². The van der Waals surface area contributed by atoms with Crippen LogP contribution in [0.2, 0.25) is 0 Å². The van der Waals surface area contributed by atoms with Gasteiger partial charge >= 0.3 is 0 Å². The van der Waals surface area contributed by atoms with Gasteiger partial charge in [-0.15, -0.1) is 6.42 Å². The summed E-state index contributed by atoms with van der Waals surface area (Å²) in [6, 6.07) is 5.33. The number of rotatable bonds is 1. The smallest absolute Gasteiger partial charge is 0.128 e. The molecule has 88 valence electrons. The van der Waals surface area contributed by atoms with Crippen LogP contribution in [0.25, 0.3) is 0 Å². The predicted octanol–water partition coefficient (Wildman–Crippen LogP) is 1.31. The fourth-order valence-electron chi connectivity index (χ4n) is 2.86. The van der Waals surface area contributed by atoms with Gasteiger partial charge in [0.25, 0.3) is 0 Å². The predicted molar refractivity (Wildman–Crippen MR) is 69.1 cm³/mol. The number of nitrogens with one attached hydrogen (secondary N) is 1. The van der Waals surface area contributed by atoms with E-state index in [-0.39, 0.29) is 0 Å². The van der Waals surface area contributed by atoms with E-state index in [4.69, 9.17) is 6.42 Å². The number of fused-ring (bicyclic) bond motifs is 2. The molecule has 3 heteroatoms. The first-order chi connectivity index (χ1) is 8.26. The molecule has 0 aromatic carbocycles. The molecule has 3 nitrogen and oxygen atoms in total. The molecule has 1 aromatic heterocycles. The van der Waals surface area contributed by atoms with Crippen molar-refractivity contribution in [1.29, 1.82) is 0 Å². The summed E-state index contributed by atoms with van der Waals surface area (Å²) < 4.78 is 0. The number of terminal acetylenes is 1. The Balaban J connectivity index is 1.85. The molecule has 17 heavy (non-hydrogen) atoms. The fraction of sp³-hybridized carbons (Fsp3) is 0.500. The molecule has 2 aliphatic heterocycles. The van der Waals surface area contributed by atoms with Gasteiger partial charge in [-0.1, -0.05) is 5.92 Å². The first kappa shape index (κ1) is 10.6. The summed E-state index contributed by atoms with van der Waals surface area (Å²) in [7, 11) is 0. The van der Waals surface area contributed by atoms with Gasteiger partial charge in [0.2, 0.25) is 0 Å². The van der Waals surface area contributed by atoms with Crippen molar-refractivity contribution in [2.75, 3.05) is 18.0 Å². The van der Waals surface area contributed by atoms with Crippen molar-refractivity contribution in [2.45, 2.75) is 31.8 Å². The molecule has 2 aliphatic rings. The quantitative estimate of drug-likeness (QED) is 0.733. The van der Waals surface area contributed by atoms with Crippen LogP contribution in [0, 0.1) is 19.3 Å². The Morgan fingerprint density at radius 2 is 2.06 bits per heavy atom. The molecule has 2 bridgehead atoms. The zero-order valence-corrected chi connectivity index (χ0v) is 10.1. The number of pyridine rings is 1. The molecule has 1 aromatic rings. The molecule has 2 saturated heterocycles. The molecule has 3 heterocycles. The number of anilines is 1. The number of aromatic nitrogens is 1. The Hall–Kier alpha value is -1.53. The van der Waals surface area contributed by atoms with Gasteiger partial charge < -0.3 is 10.2 Å². The van der Waals surface area contributed by atoms with E-state index in [1.165, 1.54) is 12.8 Å². The molecule has 0 aliphatic carbocycles. The van der Waals surface area contributed by atoms with Crippen LogP contribution in [0.15, 0.2) is 12.1 Å². The third-order valence-electron chi connectivity index (χ3n) is 3.77. The SMILES string of the molecule is C#Cc1ccc(N2CC3CCC(C2)N3)nc1C. The standard InChI is InChI=1S/C14H17N3/c1-3-11-4-7-14(15-10(11)2)17-8-12-5-6-13(9-17)16-12/h1,4,7,12-13,16H,5-6,8-9H2,2H3. The highest BCUT2D eigenvalue weighted by molar-refractivity contribution is 5.47. The van der Waals surface area contributed by atoms with Crippen molar-refractivity contribution in [3.8, 4) is 12.3 Å². The lowest BCUT2D eigenvalue weighted by Crippen LogP contribution is -2.51. The van der Waals surface area contributed by atoms with Gasteiger partial charge in [0, 0.05) is 30.7 Å². The van der Waals surface area contributed by atoms with Crippen molar-refractivity contribution in [3.05, 3.63) is 23.4 Å². The summed E-state index contributed by atoms with van der Waals surface area (Å²) in [5.41, 5.74) is 1.85. The van der Waals surface area contributed by atoms with Gasteiger partial charge in [-0.25, -0.2) is 4.98 Å². The maximum Gasteiger partial charge on any atom is 0.128 e. The third-order valence-corrected chi connectivity index (χ3v) is 3.77. The Morgan fingerprint density at radius 1 is 1.35 bits per heavy atom. The van der Waals surface area contributed by atoms with Crippen molar-refractivity contribution in [1.82, 2.24) is 10.3 Å². The number of aryl methyl sites for hydroxylation is 1. The molecule has 0 saturated carbocycles. The van der Waals surface area contributed by atoms with Crippen molar-refractivity contribution in [3.63, 3.8) is 0 Å². The van der Waals surface area contributed by atoms with E-state index in [9.17, 15) is 0 Å². The summed E-state index contributed by atoms with van der Waals surface area (Å²) in [5.74, 6) is 3.73. The van der Waals surface area contributed by atoms with E-state index in [0.717, 1.165) is 30.2 Å². The summed E-state index contributed by atoms with van der Waals surface area (Å²) >= 11 is 0. The van der Waals surface area contributed by atoms with Crippen LogP contribution in [-0.4, -0.2) is 30.2 Å². The first-order valence-electron chi connectivity index (χ1n) is 6.21. The molecule has 1 N–H and O–H groups in total. The molecule has 0 spiro atoms. The highest BCUT2D eigenvalue weighted by Gasteiger charge is 2.32. The number of piperazine rings is 1. The molecule has 0 radical (unpaired) electrons. The fourth-order valence-corrected chi connectivity index (χ4v) is 2.86. The molecule has 2 atom stereocenters. The summed E-state index contributed by atoms with van der Waals surface area (Å²) in [4.78, 5) is 7.00. The Bertz CT molecular complexity index is 463. The van der Waals surface area contributed by atoms with Crippen LogP contribution in [-0.2, 0) is 0 Å². The van der Waals surface area contributed by atoms with E-state index in [0.29, 0.717) is 12.1 Å². The first-order valence-corrected chi connectivity index (χ1v) is 6.21. The van der Waals surface area contributed by atoms with E-state index in [2.05, 4.69) is 21.1 Å². The van der Waals surface area contributed by atoms with Gasteiger partial charge in [0.05, 0.1) is 5.69 Å². The normalized spacial score (nSPS) is 26.9. The van der Waals surface area contributed by atoms with Gasteiger partial charge in [-0.2, -0.15) is 0 Å². The lowest BCUT2D eigenvalue weighted by atomic mass is 10.2. The molecule has 2 fully saturated rings. The van der Waals surface area contributed by atoms with Crippen molar-refractivity contribution in [2.24, 2.45) is 0 Å². The molecule has 0 amide bonds. The molecule has 2 unspecified atom stereocenters. The zero-order valence-electron chi connectivity index (χ0n) is 10.1. The Labute approximate surface area is 102 Å². The number of nitrogens with zero attached hydrogens (tertiary/aromatic N) is 2. The third kappa shape index (κ3) is 1.89. The molecular weight excluding hydrogens is 210 g/mol. The second-order valence-corrected chi connectivity index (χ2v) is 4.99. The lowest BCUT2D eigenvalue weighted by Gasteiger charge is -2.33. The summed E-state index contributed by atoms with van der Waals surface area (Å²) in [5, 5.41) is 3.63. The summed E-state index contributed by atoms with van der Waals surface area (Å²) in [6.07, 6.45) is 8.01. The van der Waals surface area contributed by atoms with Gasteiger partial charge in [0.15, 0.2) is 0 Å². The second kappa shape index (κ2) is 4.05. The van der Waals surface area contributed by atoms with Crippen LogP contribution in [0.1, 0.15) is 24.1 Å². The monoisotopic (exact) mass is 227 g/mol. The van der Waals surface area contributed by atoms with Gasteiger partial charge in [-0.05, 0) is 31.9 Å². The van der Waals surface area contributed by atoms with E-state index in [1.54, 1.807) is 0 Å².